The lowest BCUT2D eigenvalue weighted by Crippen LogP contribution is -2.21. The smallest absolute Gasteiger partial charge is 0.251 e. The molecule has 130 valence electrons. The van der Waals surface area contributed by atoms with E-state index in [0.717, 1.165) is 16.7 Å². The summed E-state index contributed by atoms with van der Waals surface area (Å²) < 4.78 is 0.183. The van der Waals surface area contributed by atoms with Crippen molar-refractivity contribution in [2.24, 2.45) is 5.10 Å². The number of rotatable bonds is 5. The van der Waals surface area contributed by atoms with Crippen molar-refractivity contribution < 1.29 is 4.79 Å². The molecule has 0 radical (unpaired) electrons. The number of hydrazone groups is 1. The van der Waals surface area contributed by atoms with Gasteiger partial charge in [-0.1, -0.05) is 54.6 Å². The molecule has 0 atom stereocenters. The Morgan fingerprint density at radius 2 is 1.73 bits per heavy atom. The molecule has 7 heteroatoms. The van der Waals surface area contributed by atoms with Crippen LogP contribution in [0, 0.1) is 4.77 Å². The van der Waals surface area contributed by atoms with E-state index < -0.39 is 0 Å². The molecule has 0 spiro atoms. The third-order valence-corrected chi connectivity index (χ3v) is 3.79. The van der Waals surface area contributed by atoms with E-state index in [2.05, 4.69) is 20.5 Å². The lowest BCUT2D eigenvalue weighted by Gasteiger charge is -2.02. The van der Waals surface area contributed by atoms with Crippen LogP contribution in [0.5, 0.6) is 0 Å². The minimum Gasteiger partial charge on any atom is -0.335 e. The highest BCUT2D eigenvalue weighted by atomic mass is 32.1. The van der Waals surface area contributed by atoms with E-state index >= 15 is 0 Å². The van der Waals surface area contributed by atoms with E-state index in [9.17, 15) is 9.59 Å². The first kappa shape index (κ1) is 17.5. The molecule has 3 aromatic rings. The van der Waals surface area contributed by atoms with Crippen molar-refractivity contribution >= 4 is 24.3 Å². The Morgan fingerprint density at radius 3 is 2.42 bits per heavy atom. The number of H-pyrrole nitrogens is 2. The van der Waals surface area contributed by atoms with Crippen LogP contribution in [0.4, 0.5) is 0 Å². The Balaban J connectivity index is 1.59. The molecule has 0 unspecified atom stereocenters. The number of aromatic nitrogens is 2. The van der Waals surface area contributed by atoms with Crippen LogP contribution in [-0.4, -0.2) is 22.1 Å². The Labute approximate surface area is 154 Å². The van der Waals surface area contributed by atoms with Crippen molar-refractivity contribution in [1.82, 2.24) is 15.4 Å². The summed E-state index contributed by atoms with van der Waals surface area (Å²) in [4.78, 5) is 28.4. The molecule has 3 rings (SSSR count). The third kappa shape index (κ3) is 4.84. The highest BCUT2D eigenvalue weighted by molar-refractivity contribution is 7.71. The van der Waals surface area contributed by atoms with Crippen molar-refractivity contribution in [3.05, 3.63) is 87.0 Å². The normalized spacial score (nSPS) is 10.8. The molecular formula is C19H16N4O2S. The minimum absolute atomic E-state index is 0.0160. The standard InChI is InChI=1S/C19H16N4O2S/c24-17-10-16(21-19(26)22-17)11-18(25)23-20-12-13-6-8-15(9-7-13)14-4-2-1-3-5-14/h1-10,12H,11H2,(H,23,25)(H2,21,22,24,26)/b20-12-. The van der Waals surface area contributed by atoms with Crippen molar-refractivity contribution in [2.45, 2.75) is 6.42 Å². The van der Waals surface area contributed by atoms with Gasteiger partial charge in [-0.3, -0.25) is 14.6 Å². The van der Waals surface area contributed by atoms with Crippen molar-refractivity contribution in [1.29, 1.82) is 0 Å². The highest BCUT2D eigenvalue weighted by Gasteiger charge is 2.03. The largest absolute Gasteiger partial charge is 0.335 e. The number of hydrogen-bond donors (Lipinski definition) is 3. The zero-order valence-corrected chi connectivity index (χ0v) is 14.5. The van der Waals surface area contributed by atoms with Crippen LogP contribution in [0.3, 0.4) is 0 Å². The second-order valence-corrected chi connectivity index (χ2v) is 5.98. The number of nitrogens with zero attached hydrogens (tertiary/aromatic N) is 1. The minimum atomic E-state index is -0.349. The molecule has 0 aliphatic rings. The first-order chi connectivity index (χ1) is 12.6. The first-order valence-electron chi connectivity index (χ1n) is 7.90. The van der Waals surface area contributed by atoms with Gasteiger partial charge >= 0.3 is 0 Å². The molecule has 0 fully saturated rings. The zero-order valence-electron chi connectivity index (χ0n) is 13.7. The van der Waals surface area contributed by atoms with E-state index in [-0.39, 0.29) is 22.7 Å². The van der Waals surface area contributed by atoms with E-state index in [1.807, 2.05) is 54.6 Å². The van der Waals surface area contributed by atoms with Crippen molar-refractivity contribution in [3.63, 3.8) is 0 Å². The van der Waals surface area contributed by atoms with E-state index in [0.29, 0.717) is 5.69 Å². The van der Waals surface area contributed by atoms with Gasteiger partial charge in [0.25, 0.3) is 5.56 Å². The van der Waals surface area contributed by atoms with Gasteiger partial charge in [-0.2, -0.15) is 5.10 Å². The van der Waals surface area contributed by atoms with Gasteiger partial charge in [-0.25, -0.2) is 5.43 Å². The monoisotopic (exact) mass is 364 g/mol. The number of carbonyl (C=O) groups is 1. The second kappa shape index (κ2) is 8.17. The molecule has 6 nitrogen and oxygen atoms in total. The molecule has 0 saturated heterocycles. The molecule has 26 heavy (non-hydrogen) atoms. The van der Waals surface area contributed by atoms with Gasteiger partial charge in [0.15, 0.2) is 4.77 Å². The lowest BCUT2D eigenvalue weighted by atomic mass is 10.0. The molecule has 1 aromatic heterocycles. The molecule has 0 bridgehead atoms. The molecule has 2 aromatic carbocycles. The number of hydrogen-bond acceptors (Lipinski definition) is 4. The van der Waals surface area contributed by atoms with Crippen LogP contribution >= 0.6 is 12.2 Å². The summed E-state index contributed by atoms with van der Waals surface area (Å²) in [6.45, 7) is 0. The Morgan fingerprint density at radius 1 is 1.04 bits per heavy atom. The van der Waals surface area contributed by atoms with Crippen LogP contribution < -0.4 is 11.0 Å². The summed E-state index contributed by atoms with van der Waals surface area (Å²) in [5.41, 5.74) is 5.62. The van der Waals surface area contributed by atoms with Gasteiger partial charge < -0.3 is 4.98 Å². The fraction of sp³-hybridized carbons (Fsp3) is 0.0526. The molecule has 3 N–H and O–H groups in total. The molecule has 0 saturated carbocycles. The summed E-state index contributed by atoms with van der Waals surface area (Å²) >= 11 is 4.86. The van der Waals surface area contributed by atoms with E-state index in [1.54, 1.807) is 6.21 Å². The lowest BCUT2D eigenvalue weighted by molar-refractivity contribution is -0.120. The SMILES string of the molecule is O=C(Cc1cc(=O)[nH]c(=S)[nH]1)N/N=C\c1ccc(-c2ccccc2)cc1. The first-order valence-corrected chi connectivity index (χ1v) is 8.31. The van der Waals surface area contributed by atoms with Gasteiger partial charge in [0.05, 0.1) is 12.6 Å². The average molecular weight is 364 g/mol. The molecular weight excluding hydrogens is 348 g/mol. The van der Waals surface area contributed by atoms with Crippen LogP contribution in [0.15, 0.2) is 70.6 Å². The second-order valence-electron chi connectivity index (χ2n) is 5.57. The Hall–Kier alpha value is -3.32. The van der Waals surface area contributed by atoms with Crippen LogP contribution in [0.1, 0.15) is 11.3 Å². The fourth-order valence-electron chi connectivity index (χ4n) is 2.40. The van der Waals surface area contributed by atoms with Gasteiger partial charge in [0, 0.05) is 11.8 Å². The predicted octanol–water partition coefficient (Wildman–Crippen LogP) is 2.79. The Bertz CT molecular complexity index is 1010. The summed E-state index contributed by atoms with van der Waals surface area (Å²) in [7, 11) is 0. The van der Waals surface area contributed by atoms with Crippen LogP contribution in [0.25, 0.3) is 11.1 Å². The maximum atomic E-state index is 11.9. The number of amides is 1. The molecule has 1 heterocycles. The number of carbonyl (C=O) groups excluding carboxylic acids is 1. The highest BCUT2D eigenvalue weighted by Crippen LogP contribution is 2.18. The fourth-order valence-corrected chi connectivity index (χ4v) is 2.63. The molecule has 0 aliphatic carbocycles. The van der Waals surface area contributed by atoms with E-state index in [1.165, 1.54) is 6.07 Å². The quantitative estimate of drug-likeness (QED) is 0.369. The topological polar surface area (TPSA) is 90.1 Å². The Kier molecular flexibility index (Phi) is 5.50. The zero-order chi connectivity index (χ0) is 18.4. The van der Waals surface area contributed by atoms with Gasteiger partial charge in [0.2, 0.25) is 5.91 Å². The summed E-state index contributed by atoms with van der Waals surface area (Å²) in [5, 5.41) is 3.93. The van der Waals surface area contributed by atoms with Crippen molar-refractivity contribution in [3.8, 4) is 11.1 Å². The summed E-state index contributed by atoms with van der Waals surface area (Å²) in [6.07, 6.45) is 1.55. The number of benzene rings is 2. The summed E-state index contributed by atoms with van der Waals surface area (Å²) in [6, 6.07) is 19.2. The molecule has 0 aliphatic heterocycles. The predicted molar refractivity (Wildman–Crippen MR) is 104 cm³/mol. The van der Waals surface area contributed by atoms with Gasteiger partial charge in [-0.05, 0) is 28.9 Å². The maximum absolute atomic E-state index is 11.9. The van der Waals surface area contributed by atoms with Gasteiger partial charge in [0.1, 0.15) is 0 Å². The van der Waals surface area contributed by atoms with Gasteiger partial charge in [-0.15, -0.1) is 0 Å². The number of aromatic amines is 2. The third-order valence-electron chi connectivity index (χ3n) is 3.59. The van der Waals surface area contributed by atoms with Crippen LogP contribution in [-0.2, 0) is 11.2 Å². The summed E-state index contributed by atoms with van der Waals surface area (Å²) in [5.74, 6) is -0.349. The average Bonchev–Trinajstić information content (AvgIpc) is 2.62. The number of nitrogens with one attached hydrogen (secondary N) is 3. The van der Waals surface area contributed by atoms with Crippen LogP contribution in [0.2, 0.25) is 0 Å². The van der Waals surface area contributed by atoms with Crippen molar-refractivity contribution in [2.75, 3.05) is 0 Å². The van der Waals surface area contributed by atoms with E-state index in [4.69, 9.17) is 12.2 Å². The molecule has 1 amide bonds. The maximum Gasteiger partial charge on any atom is 0.251 e.